The molecule has 0 saturated heterocycles. The third-order valence-corrected chi connectivity index (χ3v) is 5.14. The molecule has 8 heteroatoms. The van der Waals surface area contributed by atoms with E-state index < -0.39 is 45.3 Å². The van der Waals surface area contributed by atoms with Gasteiger partial charge in [-0.1, -0.05) is 6.58 Å². The maximum Gasteiger partial charge on any atom is 0.310 e. The lowest BCUT2D eigenvalue weighted by atomic mass is 10.1. The van der Waals surface area contributed by atoms with Gasteiger partial charge in [0, 0.05) is 6.42 Å². The maximum absolute atomic E-state index is 13.3. The number of allylic oxidation sites excluding steroid dienone is 1. The SMILES string of the molecule is C=C(F)C[C@@H](CS(=O)(=O)c1ccc(OCCCl)cc1)C(=O)OC(C)(C)C. The molecule has 26 heavy (non-hydrogen) atoms. The number of benzene rings is 1. The van der Waals surface area contributed by atoms with Gasteiger partial charge in [0.25, 0.3) is 0 Å². The van der Waals surface area contributed by atoms with Crippen molar-refractivity contribution in [1.82, 2.24) is 0 Å². The molecule has 1 atom stereocenters. The third kappa shape index (κ3) is 7.74. The Hall–Kier alpha value is -1.60. The molecule has 0 aromatic heterocycles. The van der Waals surface area contributed by atoms with Gasteiger partial charge in [-0.25, -0.2) is 12.8 Å². The van der Waals surface area contributed by atoms with Crippen molar-refractivity contribution in [2.45, 2.75) is 37.7 Å². The van der Waals surface area contributed by atoms with Crippen molar-refractivity contribution in [1.29, 1.82) is 0 Å². The summed E-state index contributed by atoms with van der Waals surface area (Å²) >= 11 is 5.53. The number of carbonyl (C=O) groups excluding carboxylic acids is 1. The molecule has 0 aliphatic rings. The second kappa shape index (κ2) is 9.37. The average molecular weight is 407 g/mol. The van der Waals surface area contributed by atoms with Gasteiger partial charge >= 0.3 is 5.97 Å². The lowest BCUT2D eigenvalue weighted by Gasteiger charge is -2.23. The second-order valence-corrected chi connectivity index (χ2v) is 9.15. The third-order valence-electron chi connectivity index (χ3n) is 3.16. The molecular weight excluding hydrogens is 383 g/mol. The highest BCUT2D eigenvalue weighted by atomic mass is 35.5. The summed E-state index contributed by atoms with van der Waals surface area (Å²) < 4.78 is 49.0. The molecule has 0 unspecified atom stereocenters. The molecule has 146 valence electrons. The lowest BCUT2D eigenvalue weighted by molar-refractivity contribution is -0.159. The summed E-state index contributed by atoms with van der Waals surface area (Å²) in [5.41, 5.74) is -0.807. The van der Waals surface area contributed by atoms with Crippen LogP contribution in [0.5, 0.6) is 5.75 Å². The number of sulfone groups is 1. The van der Waals surface area contributed by atoms with Crippen LogP contribution in [0, 0.1) is 5.92 Å². The van der Waals surface area contributed by atoms with E-state index in [1.807, 2.05) is 0 Å². The zero-order chi connectivity index (χ0) is 20.0. The zero-order valence-electron chi connectivity index (χ0n) is 15.1. The summed E-state index contributed by atoms with van der Waals surface area (Å²) in [5, 5.41) is 0. The fourth-order valence-corrected chi connectivity index (χ4v) is 3.73. The van der Waals surface area contributed by atoms with Crippen LogP contribution in [0.15, 0.2) is 41.6 Å². The number of halogens is 2. The molecule has 1 rings (SSSR count). The molecule has 0 aliphatic heterocycles. The van der Waals surface area contributed by atoms with Crippen LogP contribution in [0.2, 0.25) is 0 Å². The molecule has 1 aromatic carbocycles. The van der Waals surface area contributed by atoms with Crippen LogP contribution in [-0.4, -0.2) is 38.2 Å². The van der Waals surface area contributed by atoms with Gasteiger partial charge in [0.1, 0.15) is 18.0 Å². The van der Waals surface area contributed by atoms with Crippen LogP contribution in [0.1, 0.15) is 27.2 Å². The van der Waals surface area contributed by atoms with Crippen LogP contribution in [0.3, 0.4) is 0 Å². The minimum Gasteiger partial charge on any atom is -0.492 e. The van der Waals surface area contributed by atoms with E-state index in [2.05, 4.69) is 6.58 Å². The number of carbonyl (C=O) groups is 1. The smallest absolute Gasteiger partial charge is 0.310 e. The quantitative estimate of drug-likeness (QED) is 0.459. The molecule has 0 N–H and O–H groups in total. The zero-order valence-corrected chi connectivity index (χ0v) is 16.7. The Bertz CT molecular complexity index is 723. The fourth-order valence-electron chi connectivity index (χ4n) is 2.12. The molecule has 0 radical (unpaired) electrons. The number of esters is 1. The fraction of sp³-hybridized carbons (Fsp3) is 0.500. The molecule has 0 heterocycles. The first kappa shape index (κ1) is 22.4. The Morgan fingerprint density at radius 1 is 1.27 bits per heavy atom. The minimum atomic E-state index is -3.83. The highest BCUT2D eigenvalue weighted by Gasteiger charge is 2.31. The van der Waals surface area contributed by atoms with E-state index in [-0.39, 0.29) is 4.90 Å². The Balaban J connectivity index is 2.97. The van der Waals surface area contributed by atoms with E-state index in [1.54, 1.807) is 20.8 Å². The molecule has 0 saturated carbocycles. The average Bonchev–Trinajstić information content (AvgIpc) is 2.50. The maximum atomic E-state index is 13.3. The van der Waals surface area contributed by atoms with Gasteiger partial charge in [-0.2, -0.15) is 0 Å². The van der Waals surface area contributed by atoms with E-state index in [1.165, 1.54) is 24.3 Å². The van der Waals surface area contributed by atoms with Gasteiger partial charge < -0.3 is 9.47 Å². The molecule has 0 spiro atoms. The van der Waals surface area contributed by atoms with Crippen LogP contribution < -0.4 is 4.74 Å². The monoisotopic (exact) mass is 406 g/mol. The number of hydrogen-bond donors (Lipinski definition) is 0. The molecule has 5 nitrogen and oxygen atoms in total. The van der Waals surface area contributed by atoms with Crippen molar-refractivity contribution < 1.29 is 27.1 Å². The van der Waals surface area contributed by atoms with E-state index in [0.717, 1.165) is 0 Å². The molecule has 0 bridgehead atoms. The summed E-state index contributed by atoms with van der Waals surface area (Å²) in [6.45, 7) is 8.38. The second-order valence-electron chi connectivity index (χ2n) is 6.74. The van der Waals surface area contributed by atoms with Crippen molar-refractivity contribution in [3.8, 4) is 5.75 Å². The highest BCUT2D eigenvalue weighted by Crippen LogP contribution is 2.24. The Labute approximate surface area is 159 Å². The van der Waals surface area contributed by atoms with Gasteiger partial charge in [0.05, 0.1) is 28.3 Å². The predicted molar refractivity (Wildman–Crippen MR) is 98.9 cm³/mol. The van der Waals surface area contributed by atoms with Gasteiger partial charge in [0.2, 0.25) is 0 Å². The Morgan fingerprint density at radius 3 is 2.31 bits per heavy atom. The van der Waals surface area contributed by atoms with Gasteiger partial charge in [0.15, 0.2) is 9.84 Å². The number of hydrogen-bond acceptors (Lipinski definition) is 5. The number of ether oxygens (including phenoxy) is 2. The summed E-state index contributed by atoms with van der Waals surface area (Å²) in [5.74, 6) is -2.52. The summed E-state index contributed by atoms with van der Waals surface area (Å²) in [6, 6.07) is 5.73. The van der Waals surface area contributed by atoms with Gasteiger partial charge in [-0.05, 0) is 45.0 Å². The lowest BCUT2D eigenvalue weighted by Crippen LogP contribution is -2.32. The van der Waals surface area contributed by atoms with Crippen LogP contribution in [0.25, 0.3) is 0 Å². The standard InChI is InChI=1S/C18H24ClFO5S/c1-13(20)11-14(17(21)25-18(2,3)4)12-26(22,23)16-7-5-15(6-8-16)24-10-9-19/h5-8,14H,1,9-12H2,2-4H3/t14-/m0/s1. The molecule has 0 aliphatic carbocycles. The Kier molecular flexibility index (Phi) is 8.09. The summed E-state index contributed by atoms with van der Waals surface area (Å²) in [4.78, 5) is 12.3. The van der Waals surface area contributed by atoms with E-state index >= 15 is 0 Å². The molecule has 1 aromatic rings. The largest absolute Gasteiger partial charge is 0.492 e. The van der Waals surface area contributed by atoms with Crippen molar-refractivity contribution >= 4 is 27.4 Å². The van der Waals surface area contributed by atoms with Crippen LogP contribution in [0.4, 0.5) is 4.39 Å². The first-order chi connectivity index (χ1) is 11.9. The summed E-state index contributed by atoms with van der Waals surface area (Å²) in [7, 11) is -3.83. The first-order valence-corrected chi connectivity index (χ1v) is 10.2. The Morgan fingerprint density at radius 2 is 1.85 bits per heavy atom. The highest BCUT2D eigenvalue weighted by molar-refractivity contribution is 7.91. The minimum absolute atomic E-state index is 0.00810. The molecule has 0 amide bonds. The van der Waals surface area contributed by atoms with Gasteiger partial charge in [-0.3, -0.25) is 4.79 Å². The number of rotatable bonds is 9. The van der Waals surface area contributed by atoms with Crippen LogP contribution in [-0.2, 0) is 19.4 Å². The summed E-state index contributed by atoms with van der Waals surface area (Å²) in [6.07, 6.45) is -0.412. The van der Waals surface area contributed by atoms with Crippen molar-refractivity contribution in [3.05, 3.63) is 36.7 Å². The van der Waals surface area contributed by atoms with E-state index in [9.17, 15) is 17.6 Å². The molecular formula is C18H24ClFO5S. The normalized spacial score (nSPS) is 13.1. The first-order valence-electron chi connectivity index (χ1n) is 8.02. The van der Waals surface area contributed by atoms with E-state index in [4.69, 9.17) is 21.1 Å². The van der Waals surface area contributed by atoms with Crippen LogP contribution >= 0.6 is 11.6 Å². The molecule has 0 fully saturated rings. The van der Waals surface area contributed by atoms with Crippen molar-refractivity contribution in [3.63, 3.8) is 0 Å². The van der Waals surface area contributed by atoms with Crippen molar-refractivity contribution in [2.75, 3.05) is 18.2 Å². The number of alkyl halides is 1. The predicted octanol–water partition coefficient (Wildman–Crippen LogP) is 3.91. The van der Waals surface area contributed by atoms with E-state index in [0.29, 0.717) is 18.2 Å². The van der Waals surface area contributed by atoms with Gasteiger partial charge in [-0.15, -0.1) is 11.6 Å². The van der Waals surface area contributed by atoms with Crippen molar-refractivity contribution in [2.24, 2.45) is 5.92 Å². The topological polar surface area (TPSA) is 69.7 Å².